The molecular weight excluding hydrogens is 362 g/mol. The number of carbonyl (C=O) groups excluding carboxylic acids is 1. The van der Waals surface area contributed by atoms with Crippen molar-refractivity contribution in [2.75, 3.05) is 18.2 Å². The van der Waals surface area contributed by atoms with Crippen molar-refractivity contribution >= 4 is 29.7 Å². The zero-order valence-corrected chi connectivity index (χ0v) is 15.6. The lowest BCUT2D eigenvalue weighted by atomic mass is 10.1. The Bertz CT molecular complexity index is 724. The summed E-state index contributed by atoms with van der Waals surface area (Å²) in [6, 6.07) is 0. The third-order valence-corrected chi connectivity index (χ3v) is 4.96. The van der Waals surface area contributed by atoms with E-state index in [1.807, 2.05) is 13.2 Å². The minimum Gasteiger partial charge on any atom is -0.448 e. The molecular formula is C16H23N3O6S. The molecule has 1 aliphatic rings. The Morgan fingerprint density at radius 2 is 2.27 bits per heavy atom. The fourth-order valence-electron chi connectivity index (χ4n) is 2.37. The molecule has 2 rings (SSSR count). The maximum absolute atomic E-state index is 12.3. The van der Waals surface area contributed by atoms with Gasteiger partial charge in [0.2, 0.25) is 0 Å². The van der Waals surface area contributed by atoms with E-state index in [1.54, 1.807) is 18.7 Å². The van der Waals surface area contributed by atoms with E-state index in [4.69, 9.17) is 9.47 Å². The smallest absolute Gasteiger partial charge is 0.412 e. The number of nitrogens with one attached hydrogen (secondary N) is 1. The summed E-state index contributed by atoms with van der Waals surface area (Å²) in [6.45, 7) is 7.34. The Hall–Kier alpha value is -1.88. The van der Waals surface area contributed by atoms with E-state index < -0.39 is 36.3 Å². The number of thioether (sulfide) groups is 1. The van der Waals surface area contributed by atoms with Gasteiger partial charge >= 0.3 is 11.8 Å². The molecule has 1 saturated heterocycles. The van der Waals surface area contributed by atoms with Crippen LogP contribution in [0.1, 0.15) is 25.6 Å². The summed E-state index contributed by atoms with van der Waals surface area (Å²) < 4.78 is 11.5. The molecule has 5 atom stereocenters. The van der Waals surface area contributed by atoms with E-state index in [0.717, 1.165) is 4.57 Å². The van der Waals surface area contributed by atoms with Crippen molar-refractivity contribution in [3.05, 3.63) is 28.8 Å². The highest BCUT2D eigenvalue weighted by Gasteiger charge is 2.42. The average molecular weight is 385 g/mol. The van der Waals surface area contributed by atoms with Gasteiger partial charge in [0.05, 0.1) is 6.10 Å². The molecule has 1 aliphatic heterocycles. The molecule has 26 heavy (non-hydrogen) atoms. The van der Waals surface area contributed by atoms with Crippen LogP contribution in [-0.2, 0) is 9.47 Å². The van der Waals surface area contributed by atoms with E-state index in [2.05, 4.69) is 16.9 Å². The number of carbonyl (C=O) groups is 1. The fourth-order valence-corrected chi connectivity index (χ4v) is 2.57. The zero-order valence-electron chi connectivity index (χ0n) is 14.8. The Balaban J connectivity index is 2.21. The van der Waals surface area contributed by atoms with Gasteiger partial charge in [-0.2, -0.15) is 16.7 Å². The van der Waals surface area contributed by atoms with Gasteiger partial charge in [-0.3, -0.25) is 9.88 Å². The summed E-state index contributed by atoms with van der Waals surface area (Å²) in [5.74, 6) is -0.0101. The molecule has 1 fully saturated rings. The normalized spacial score (nSPS) is 26.3. The van der Waals surface area contributed by atoms with Gasteiger partial charge in [0.1, 0.15) is 24.6 Å². The summed E-state index contributed by atoms with van der Waals surface area (Å²) in [7, 11) is 0. The van der Waals surface area contributed by atoms with Crippen molar-refractivity contribution in [1.29, 1.82) is 0 Å². The van der Waals surface area contributed by atoms with Crippen LogP contribution in [-0.4, -0.2) is 62.3 Å². The maximum Gasteiger partial charge on any atom is 0.412 e. The first-order chi connectivity index (χ1) is 12.3. The number of nitrogens with zero attached hydrogens (tertiary/aromatic N) is 2. The predicted octanol–water partition coefficient (Wildman–Crippen LogP) is 0.825. The summed E-state index contributed by atoms with van der Waals surface area (Å²) in [5.41, 5.74) is -0.418. The standard InChI is InChI=1S/C16H23N3O6S/c1-5-10-6-19(14-12(21)11(20)9(3)25-14)15(22)17-13(10)18-16(23)24-7-8(2)26-4/h5-6,8-9,11-12,14,20-21H,1,7H2,2-4H3,(H,17,18,22,23)/t8?,9-,11-,12-,14-/m1/s1. The first-order valence-corrected chi connectivity index (χ1v) is 9.31. The Labute approximate surface area is 155 Å². The number of hydrogen-bond acceptors (Lipinski definition) is 8. The van der Waals surface area contributed by atoms with E-state index in [9.17, 15) is 19.8 Å². The summed E-state index contributed by atoms with van der Waals surface area (Å²) >= 11 is 1.55. The van der Waals surface area contributed by atoms with Gasteiger partial charge in [0.25, 0.3) is 0 Å². The van der Waals surface area contributed by atoms with Gasteiger partial charge in [-0.05, 0) is 13.2 Å². The van der Waals surface area contributed by atoms with E-state index in [0.29, 0.717) is 5.56 Å². The van der Waals surface area contributed by atoms with Crippen molar-refractivity contribution in [1.82, 2.24) is 9.55 Å². The summed E-state index contributed by atoms with van der Waals surface area (Å²) in [6.07, 6.45) is -0.211. The molecule has 1 amide bonds. The van der Waals surface area contributed by atoms with Gasteiger partial charge in [-0.25, -0.2) is 9.59 Å². The maximum atomic E-state index is 12.3. The SMILES string of the molecule is C=Cc1cn([C@@H]2O[C@H](C)[C@@H](O)[C@H]2O)c(=O)nc1NC(=O)OCC(C)SC. The first-order valence-electron chi connectivity index (χ1n) is 8.02. The Morgan fingerprint density at radius 1 is 1.58 bits per heavy atom. The van der Waals surface area contributed by atoms with Crippen LogP contribution in [0.5, 0.6) is 0 Å². The van der Waals surface area contributed by atoms with E-state index in [1.165, 1.54) is 12.3 Å². The molecule has 144 valence electrons. The number of aromatic nitrogens is 2. The van der Waals surface area contributed by atoms with Crippen LogP contribution in [0, 0.1) is 0 Å². The van der Waals surface area contributed by atoms with Crippen molar-refractivity contribution in [2.24, 2.45) is 0 Å². The second-order valence-corrected chi connectivity index (χ2v) is 7.20. The van der Waals surface area contributed by atoms with Crippen molar-refractivity contribution < 1.29 is 24.5 Å². The lowest BCUT2D eigenvalue weighted by Crippen LogP contribution is -2.36. The highest BCUT2D eigenvalue weighted by Crippen LogP contribution is 2.28. The molecule has 0 aromatic carbocycles. The summed E-state index contributed by atoms with van der Waals surface area (Å²) in [5, 5.41) is 22.4. The lowest BCUT2D eigenvalue weighted by Gasteiger charge is -2.19. The molecule has 2 heterocycles. The quantitative estimate of drug-likeness (QED) is 0.658. The molecule has 1 aromatic rings. The van der Waals surface area contributed by atoms with Crippen molar-refractivity contribution in [3.8, 4) is 0 Å². The number of ether oxygens (including phenoxy) is 2. The lowest BCUT2D eigenvalue weighted by molar-refractivity contribution is -0.0350. The van der Waals surface area contributed by atoms with Crippen LogP contribution in [0.2, 0.25) is 0 Å². The zero-order chi connectivity index (χ0) is 19.4. The molecule has 0 saturated carbocycles. The molecule has 0 radical (unpaired) electrons. The van der Waals surface area contributed by atoms with Crippen LogP contribution < -0.4 is 11.0 Å². The fraction of sp³-hybridized carbons (Fsp3) is 0.562. The topological polar surface area (TPSA) is 123 Å². The van der Waals surface area contributed by atoms with Crippen LogP contribution in [0.25, 0.3) is 6.08 Å². The minimum atomic E-state index is -1.28. The molecule has 0 spiro atoms. The monoisotopic (exact) mass is 385 g/mol. The van der Waals surface area contributed by atoms with Crippen LogP contribution in [0.15, 0.2) is 17.6 Å². The van der Waals surface area contributed by atoms with E-state index >= 15 is 0 Å². The second-order valence-electron chi connectivity index (χ2n) is 5.92. The number of anilines is 1. The third kappa shape index (κ3) is 4.44. The van der Waals surface area contributed by atoms with Gasteiger partial charge in [-0.1, -0.05) is 19.6 Å². The number of amides is 1. The highest BCUT2D eigenvalue weighted by atomic mass is 32.2. The Morgan fingerprint density at radius 3 is 2.81 bits per heavy atom. The Kier molecular flexibility index (Phi) is 6.81. The third-order valence-electron chi connectivity index (χ3n) is 4.02. The first kappa shape index (κ1) is 20.4. The molecule has 3 N–H and O–H groups in total. The minimum absolute atomic E-state index is 0.0101. The number of rotatable bonds is 6. The molecule has 1 aromatic heterocycles. The number of hydrogen-bond donors (Lipinski definition) is 3. The van der Waals surface area contributed by atoms with Crippen LogP contribution in [0.3, 0.4) is 0 Å². The van der Waals surface area contributed by atoms with Crippen molar-refractivity contribution in [3.63, 3.8) is 0 Å². The molecule has 10 heteroatoms. The van der Waals surface area contributed by atoms with Gasteiger partial charge in [-0.15, -0.1) is 0 Å². The number of aliphatic hydroxyl groups is 2. The molecule has 0 bridgehead atoms. The van der Waals surface area contributed by atoms with Crippen LogP contribution in [0.4, 0.5) is 10.6 Å². The molecule has 1 unspecified atom stereocenters. The largest absolute Gasteiger partial charge is 0.448 e. The van der Waals surface area contributed by atoms with Gasteiger partial charge < -0.3 is 19.7 Å². The number of aliphatic hydroxyl groups excluding tert-OH is 2. The van der Waals surface area contributed by atoms with Crippen LogP contribution >= 0.6 is 11.8 Å². The molecule has 9 nitrogen and oxygen atoms in total. The molecule has 0 aliphatic carbocycles. The van der Waals surface area contributed by atoms with E-state index in [-0.39, 0.29) is 17.7 Å². The van der Waals surface area contributed by atoms with Gasteiger partial charge in [0.15, 0.2) is 6.23 Å². The summed E-state index contributed by atoms with van der Waals surface area (Å²) in [4.78, 5) is 28.0. The predicted molar refractivity (Wildman–Crippen MR) is 98.1 cm³/mol. The highest BCUT2D eigenvalue weighted by molar-refractivity contribution is 7.99. The van der Waals surface area contributed by atoms with Crippen molar-refractivity contribution in [2.45, 2.75) is 43.6 Å². The second kappa shape index (κ2) is 8.67. The average Bonchev–Trinajstić information content (AvgIpc) is 2.87. The van der Waals surface area contributed by atoms with Gasteiger partial charge in [0, 0.05) is 17.0 Å².